The molecule has 118 valence electrons. The van der Waals surface area contributed by atoms with Crippen molar-refractivity contribution in [3.63, 3.8) is 0 Å². The highest BCUT2D eigenvalue weighted by Gasteiger charge is 2.40. The van der Waals surface area contributed by atoms with E-state index in [9.17, 15) is 23.6 Å². The number of rotatable bonds is 5. The second-order valence-electron chi connectivity index (χ2n) is 4.67. The average molecular weight is 357 g/mol. The number of ether oxygens (including phenoxy) is 1. The van der Waals surface area contributed by atoms with Crippen molar-refractivity contribution in [3.8, 4) is 0 Å². The van der Waals surface area contributed by atoms with Gasteiger partial charge in [0.2, 0.25) is 10.0 Å². The zero-order valence-electron chi connectivity index (χ0n) is 10.9. The van der Waals surface area contributed by atoms with Gasteiger partial charge in [0.05, 0.1) is 11.0 Å². The largest absolute Gasteiger partial charge is 0.386 e. The molecule has 0 aromatic carbocycles. The van der Waals surface area contributed by atoms with Crippen molar-refractivity contribution in [1.82, 2.24) is 4.72 Å². The van der Waals surface area contributed by atoms with Crippen LogP contribution in [0.3, 0.4) is 0 Å². The maximum atomic E-state index is 12.1. The first kappa shape index (κ1) is 16.6. The maximum Gasteiger partial charge on any atom is 0.300 e. The van der Waals surface area contributed by atoms with Crippen LogP contribution in [0.1, 0.15) is 13.3 Å². The lowest BCUT2D eigenvalue weighted by Gasteiger charge is -2.25. The summed E-state index contributed by atoms with van der Waals surface area (Å²) in [4.78, 5) is 9.93. The van der Waals surface area contributed by atoms with E-state index in [0.717, 1.165) is 6.07 Å². The SMILES string of the molecule is CC1OCCC1(O)CNS(=O)(=O)c1cc([N+](=O)[O-])c(Cl)s1. The summed E-state index contributed by atoms with van der Waals surface area (Å²) in [5.41, 5.74) is -1.75. The number of nitro groups is 1. The second-order valence-corrected chi connectivity index (χ2v) is 8.32. The number of hydrogen-bond acceptors (Lipinski definition) is 7. The van der Waals surface area contributed by atoms with Gasteiger partial charge in [0.15, 0.2) is 4.34 Å². The first-order valence-electron chi connectivity index (χ1n) is 5.93. The van der Waals surface area contributed by atoms with Gasteiger partial charge in [-0.15, -0.1) is 11.3 Å². The average Bonchev–Trinajstić information content (AvgIpc) is 2.93. The topological polar surface area (TPSA) is 119 Å². The van der Waals surface area contributed by atoms with Crippen molar-refractivity contribution in [3.05, 3.63) is 20.5 Å². The van der Waals surface area contributed by atoms with Gasteiger partial charge in [-0.25, -0.2) is 13.1 Å². The molecule has 11 heteroatoms. The van der Waals surface area contributed by atoms with Crippen LogP contribution in [0, 0.1) is 10.1 Å². The van der Waals surface area contributed by atoms with E-state index in [-0.39, 0.29) is 15.1 Å². The molecule has 0 spiro atoms. The third-order valence-electron chi connectivity index (χ3n) is 3.34. The summed E-state index contributed by atoms with van der Waals surface area (Å²) < 4.78 is 31.1. The molecule has 0 radical (unpaired) electrons. The van der Waals surface area contributed by atoms with Crippen molar-refractivity contribution in [2.75, 3.05) is 13.2 Å². The Morgan fingerprint density at radius 3 is 2.86 bits per heavy atom. The summed E-state index contributed by atoms with van der Waals surface area (Å²) in [7, 11) is -3.98. The van der Waals surface area contributed by atoms with E-state index >= 15 is 0 Å². The van der Waals surface area contributed by atoms with Gasteiger partial charge in [0.1, 0.15) is 9.81 Å². The number of sulfonamides is 1. The fourth-order valence-electron chi connectivity index (χ4n) is 1.89. The Bertz CT molecular complexity index is 661. The number of halogens is 1. The van der Waals surface area contributed by atoms with Gasteiger partial charge in [-0.1, -0.05) is 11.6 Å². The fraction of sp³-hybridized carbons (Fsp3) is 0.600. The van der Waals surface area contributed by atoms with E-state index in [4.69, 9.17) is 16.3 Å². The lowest BCUT2D eigenvalue weighted by molar-refractivity contribution is -0.384. The highest BCUT2D eigenvalue weighted by molar-refractivity contribution is 7.91. The number of nitrogens with zero attached hydrogens (tertiary/aromatic N) is 1. The molecule has 2 N–H and O–H groups in total. The minimum absolute atomic E-state index is 0.211. The van der Waals surface area contributed by atoms with E-state index in [0.29, 0.717) is 24.4 Å². The molecule has 0 saturated carbocycles. The fourth-order valence-corrected chi connectivity index (χ4v) is 4.70. The van der Waals surface area contributed by atoms with Gasteiger partial charge in [0, 0.05) is 25.6 Å². The van der Waals surface area contributed by atoms with E-state index < -0.39 is 32.3 Å². The van der Waals surface area contributed by atoms with Crippen LogP contribution < -0.4 is 4.72 Å². The summed E-state index contributed by atoms with van der Waals surface area (Å²) in [6.07, 6.45) is -0.191. The third-order valence-corrected chi connectivity index (χ3v) is 6.55. The Morgan fingerprint density at radius 1 is 1.71 bits per heavy atom. The standard InChI is InChI=1S/C10H13ClN2O6S2/c1-6-10(14,2-3-19-6)5-12-21(17,18)8-4-7(13(15)16)9(11)20-8/h4,6,12,14H,2-3,5H2,1H3. The van der Waals surface area contributed by atoms with Crippen LogP contribution >= 0.6 is 22.9 Å². The second kappa shape index (κ2) is 5.78. The molecule has 21 heavy (non-hydrogen) atoms. The van der Waals surface area contributed by atoms with Crippen LogP contribution in [0.2, 0.25) is 4.34 Å². The Balaban J connectivity index is 2.15. The van der Waals surface area contributed by atoms with Gasteiger partial charge in [0.25, 0.3) is 5.69 Å². The normalized spacial score (nSPS) is 26.1. The molecule has 8 nitrogen and oxygen atoms in total. The lowest BCUT2D eigenvalue weighted by Crippen LogP contribution is -2.47. The first-order valence-corrected chi connectivity index (χ1v) is 8.61. The van der Waals surface area contributed by atoms with E-state index in [2.05, 4.69) is 4.72 Å². The van der Waals surface area contributed by atoms with Crippen molar-refractivity contribution >= 4 is 38.6 Å². The van der Waals surface area contributed by atoms with Gasteiger partial charge in [-0.3, -0.25) is 10.1 Å². The highest BCUT2D eigenvalue weighted by Crippen LogP contribution is 2.36. The summed E-state index contributed by atoms with van der Waals surface area (Å²) in [6.45, 7) is 1.75. The van der Waals surface area contributed by atoms with Gasteiger partial charge in [-0.05, 0) is 6.92 Å². The van der Waals surface area contributed by atoms with Crippen LogP contribution in [0.4, 0.5) is 5.69 Å². The van der Waals surface area contributed by atoms with Gasteiger partial charge >= 0.3 is 0 Å². The van der Waals surface area contributed by atoms with Crippen LogP contribution in [-0.2, 0) is 14.8 Å². The van der Waals surface area contributed by atoms with Crippen LogP contribution in [0.15, 0.2) is 10.3 Å². The molecule has 0 bridgehead atoms. The molecule has 1 aromatic rings. The predicted octanol–water partition coefficient (Wildman–Crippen LogP) is 1.13. The van der Waals surface area contributed by atoms with Crippen LogP contribution in [-0.4, -0.2) is 43.3 Å². The zero-order chi connectivity index (χ0) is 15.8. The summed E-state index contributed by atoms with van der Waals surface area (Å²) in [6, 6.07) is 0.897. The molecular weight excluding hydrogens is 344 g/mol. The van der Waals surface area contributed by atoms with E-state index in [1.807, 2.05) is 0 Å². The van der Waals surface area contributed by atoms with Crippen molar-refractivity contribution < 1.29 is 23.2 Å². The molecule has 2 unspecified atom stereocenters. The molecule has 2 atom stereocenters. The van der Waals surface area contributed by atoms with Crippen molar-refractivity contribution in [2.45, 2.75) is 29.3 Å². The zero-order valence-corrected chi connectivity index (χ0v) is 13.3. The van der Waals surface area contributed by atoms with Crippen LogP contribution in [0.5, 0.6) is 0 Å². The van der Waals surface area contributed by atoms with Crippen LogP contribution in [0.25, 0.3) is 0 Å². The Labute approximate surface area is 129 Å². The summed E-state index contributed by atoms with van der Waals surface area (Å²) in [5, 5.41) is 20.9. The quantitative estimate of drug-likeness (QED) is 0.603. The number of aliphatic hydroxyl groups is 1. The molecule has 2 heterocycles. The number of thiophene rings is 1. The van der Waals surface area contributed by atoms with Crippen molar-refractivity contribution in [2.24, 2.45) is 0 Å². The van der Waals surface area contributed by atoms with E-state index in [1.54, 1.807) is 6.92 Å². The minimum Gasteiger partial charge on any atom is -0.386 e. The molecule has 1 aromatic heterocycles. The molecule has 1 saturated heterocycles. The molecule has 1 fully saturated rings. The third kappa shape index (κ3) is 3.35. The lowest BCUT2D eigenvalue weighted by atomic mass is 9.97. The number of nitrogens with one attached hydrogen (secondary N) is 1. The number of hydrogen-bond donors (Lipinski definition) is 2. The van der Waals surface area contributed by atoms with Crippen molar-refractivity contribution in [1.29, 1.82) is 0 Å². The minimum atomic E-state index is -3.98. The van der Waals surface area contributed by atoms with E-state index in [1.165, 1.54) is 0 Å². The highest BCUT2D eigenvalue weighted by atomic mass is 35.5. The molecule has 0 aliphatic carbocycles. The summed E-state index contributed by atoms with van der Waals surface area (Å²) >= 11 is 6.23. The molecule has 0 amide bonds. The Hall–Kier alpha value is -0.780. The molecular formula is C10H13ClN2O6S2. The molecule has 2 rings (SSSR count). The smallest absolute Gasteiger partial charge is 0.300 e. The molecule has 1 aliphatic rings. The maximum absolute atomic E-state index is 12.1. The van der Waals surface area contributed by atoms with Gasteiger partial charge in [-0.2, -0.15) is 0 Å². The predicted molar refractivity (Wildman–Crippen MR) is 76.2 cm³/mol. The monoisotopic (exact) mass is 356 g/mol. The first-order chi connectivity index (χ1) is 9.66. The Morgan fingerprint density at radius 2 is 2.38 bits per heavy atom. The summed E-state index contributed by atoms with van der Waals surface area (Å²) in [5.74, 6) is 0. The molecule has 1 aliphatic heterocycles. The van der Waals surface area contributed by atoms with Gasteiger partial charge < -0.3 is 9.84 Å². The Kier molecular flexibility index (Phi) is 4.57.